The number of aliphatic hydroxyl groups is 1. The summed E-state index contributed by atoms with van der Waals surface area (Å²) in [6.07, 6.45) is -2.17. The van der Waals surface area contributed by atoms with Crippen LogP contribution in [-0.2, 0) is 6.18 Å². The molecule has 1 N–H and O–H groups in total. The Labute approximate surface area is 147 Å². The Morgan fingerprint density at radius 2 is 1.96 bits per heavy atom. The highest BCUT2D eigenvalue weighted by atomic mass is 19.4. The van der Waals surface area contributed by atoms with Gasteiger partial charge in [0, 0.05) is 5.56 Å². The fourth-order valence-electron chi connectivity index (χ4n) is 2.49. The summed E-state index contributed by atoms with van der Waals surface area (Å²) in [4.78, 5) is 4.27. The minimum absolute atomic E-state index is 0.117. The quantitative estimate of drug-likeness (QED) is 0.768. The zero-order valence-electron chi connectivity index (χ0n) is 14.1. The summed E-state index contributed by atoms with van der Waals surface area (Å²) in [5, 5.41) is 21.7. The van der Waals surface area contributed by atoms with Crippen molar-refractivity contribution in [2.45, 2.75) is 32.5 Å². The highest BCUT2D eigenvalue weighted by Crippen LogP contribution is 2.35. The van der Waals surface area contributed by atoms with Crippen LogP contribution in [-0.4, -0.2) is 30.1 Å². The Balaban J connectivity index is 2.20. The number of alkyl halides is 3. The van der Waals surface area contributed by atoms with Crippen molar-refractivity contribution < 1.29 is 18.3 Å². The van der Waals surface area contributed by atoms with Gasteiger partial charge in [-0.1, -0.05) is 19.1 Å². The normalized spacial score (nSPS) is 13.0. The molecule has 0 spiro atoms. The van der Waals surface area contributed by atoms with Crippen LogP contribution in [0.5, 0.6) is 0 Å². The van der Waals surface area contributed by atoms with E-state index >= 15 is 0 Å². The number of aryl methyl sites for hydroxylation is 1. The van der Waals surface area contributed by atoms with Gasteiger partial charge in [0.2, 0.25) is 0 Å². The molecule has 2 heterocycles. The number of aromatic nitrogens is 5. The molecular weight excluding hydrogens is 347 g/mol. The van der Waals surface area contributed by atoms with Gasteiger partial charge in [0.25, 0.3) is 0 Å². The van der Waals surface area contributed by atoms with Crippen molar-refractivity contribution in [3.63, 3.8) is 0 Å². The van der Waals surface area contributed by atoms with E-state index in [2.05, 4.69) is 20.3 Å². The monoisotopic (exact) mass is 363 g/mol. The number of benzene rings is 1. The first-order valence-corrected chi connectivity index (χ1v) is 7.91. The smallest absolute Gasteiger partial charge is 0.385 e. The number of rotatable bonds is 4. The van der Waals surface area contributed by atoms with Gasteiger partial charge in [-0.05, 0) is 31.0 Å². The van der Waals surface area contributed by atoms with Gasteiger partial charge in [0.1, 0.15) is 6.10 Å². The van der Waals surface area contributed by atoms with E-state index in [1.807, 2.05) is 0 Å². The molecule has 2 aromatic heterocycles. The van der Waals surface area contributed by atoms with Gasteiger partial charge in [-0.3, -0.25) is 0 Å². The third-order valence-electron chi connectivity index (χ3n) is 3.92. The Kier molecular flexibility index (Phi) is 4.73. The lowest BCUT2D eigenvalue weighted by Crippen LogP contribution is -2.08. The number of nitrogens with zero attached hydrogens (tertiary/aromatic N) is 5. The molecule has 0 saturated carbocycles. The first-order valence-electron chi connectivity index (χ1n) is 7.91. The van der Waals surface area contributed by atoms with Crippen LogP contribution in [0.15, 0.2) is 36.7 Å². The molecule has 6 nitrogen and oxygen atoms in total. The maximum atomic E-state index is 13.3. The second-order valence-electron chi connectivity index (χ2n) is 5.76. The van der Waals surface area contributed by atoms with E-state index in [-0.39, 0.29) is 22.8 Å². The fraction of sp³-hybridized carbons (Fsp3) is 0.294. The molecule has 0 aliphatic carbocycles. The lowest BCUT2D eigenvalue weighted by atomic mass is 10.0. The topological polar surface area (TPSA) is 76.7 Å². The molecule has 0 fully saturated rings. The van der Waals surface area contributed by atoms with E-state index in [0.717, 1.165) is 6.07 Å². The van der Waals surface area contributed by atoms with Gasteiger partial charge in [-0.2, -0.15) is 23.4 Å². The molecule has 0 aliphatic heterocycles. The van der Waals surface area contributed by atoms with Crippen molar-refractivity contribution in [3.8, 4) is 17.1 Å². The average Bonchev–Trinajstić information content (AvgIpc) is 3.06. The number of halogens is 3. The Hall–Kier alpha value is -2.81. The number of hydrogen-bond donors (Lipinski definition) is 1. The molecule has 1 atom stereocenters. The molecule has 1 aromatic carbocycles. The molecule has 1 unspecified atom stereocenters. The minimum atomic E-state index is -4.48. The van der Waals surface area contributed by atoms with Gasteiger partial charge in [0.15, 0.2) is 11.6 Å². The van der Waals surface area contributed by atoms with E-state index in [1.54, 1.807) is 19.1 Å². The SMILES string of the molecule is CCC(O)c1nc(-c2ccc(C)c(C(F)(F)F)c2)n(-c2ccnnc2)n1. The largest absolute Gasteiger partial charge is 0.416 e. The molecule has 136 valence electrons. The zero-order valence-corrected chi connectivity index (χ0v) is 14.1. The lowest BCUT2D eigenvalue weighted by molar-refractivity contribution is -0.138. The van der Waals surface area contributed by atoms with Crippen molar-refractivity contribution in [1.29, 1.82) is 0 Å². The molecule has 0 aliphatic rings. The molecule has 9 heteroatoms. The third-order valence-corrected chi connectivity index (χ3v) is 3.92. The maximum Gasteiger partial charge on any atom is 0.416 e. The summed E-state index contributed by atoms with van der Waals surface area (Å²) in [5.41, 5.74) is 0.0923. The number of hydrogen-bond acceptors (Lipinski definition) is 5. The Morgan fingerprint density at radius 1 is 1.19 bits per heavy atom. The van der Waals surface area contributed by atoms with Gasteiger partial charge in [0.05, 0.1) is 23.6 Å². The summed E-state index contributed by atoms with van der Waals surface area (Å²) >= 11 is 0. The van der Waals surface area contributed by atoms with E-state index in [9.17, 15) is 18.3 Å². The first kappa shape index (κ1) is 18.0. The summed E-state index contributed by atoms with van der Waals surface area (Å²) in [6, 6.07) is 5.57. The van der Waals surface area contributed by atoms with Crippen LogP contribution in [0.3, 0.4) is 0 Å². The Bertz CT molecular complexity index is 909. The summed E-state index contributed by atoms with van der Waals surface area (Å²) in [7, 11) is 0. The second-order valence-corrected chi connectivity index (χ2v) is 5.76. The standard InChI is InChI=1S/C17H16F3N5O/c1-3-14(26)15-23-16(25(24-15)12-6-7-21-22-9-12)11-5-4-10(2)13(8-11)17(18,19)20/h4-9,14,26H,3H2,1-2H3. The van der Waals surface area contributed by atoms with Crippen molar-refractivity contribution >= 4 is 0 Å². The highest BCUT2D eigenvalue weighted by Gasteiger charge is 2.33. The molecule has 3 aromatic rings. The van der Waals surface area contributed by atoms with Crippen molar-refractivity contribution in [2.75, 3.05) is 0 Å². The first-order chi connectivity index (χ1) is 12.3. The van der Waals surface area contributed by atoms with Crippen LogP contribution in [0.2, 0.25) is 0 Å². The predicted molar refractivity (Wildman–Crippen MR) is 87.4 cm³/mol. The van der Waals surface area contributed by atoms with Crippen molar-refractivity contribution in [2.24, 2.45) is 0 Å². The van der Waals surface area contributed by atoms with Crippen LogP contribution in [0.4, 0.5) is 13.2 Å². The van der Waals surface area contributed by atoms with Gasteiger partial charge < -0.3 is 5.11 Å². The minimum Gasteiger partial charge on any atom is -0.385 e. The molecule has 3 rings (SSSR count). The third kappa shape index (κ3) is 3.43. The van der Waals surface area contributed by atoms with E-state index in [4.69, 9.17) is 0 Å². The fourth-order valence-corrected chi connectivity index (χ4v) is 2.49. The predicted octanol–water partition coefficient (Wildman–Crippen LogP) is 3.49. The summed E-state index contributed by atoms with van der Waals surface area (Å²) in [6.45, 7) is 3.16. The van der Waals surface area contributed by atoms with Gasteiger partial charge in [-0.15, -0.1) is 5.10 Å². The molecule has 0 radical (unpaired) electrons. The maximum absolute atomic E-state index is 13.3. The molecule has 0 saturated heterocycles. The van der Waals surface area contributed by atoms with Crippen LogP contribution in [0.25, 0.3) is 17.1 Å². The molecule has 0 amide bonds. The lowest BCUT2D eigenvalue weighted by Gasteiger charge is -2.12. The van der Waals surface area contributed by atoms with E-state index in [0.29, 0.717) is 12.1 Å². The van der Waals surface area contributed by atoms with Crippen LogP contribution in [0.1, 0.15) is 36.4 Å². The van der Waals surface area contributed by atoms with E-state index in [1.165, 1.54) is 30.1 Å². The van der Waals surface area contributed by atoms with Gasteiger partial charge >= 0.3 is 6.18 Å². The summed E-state index contributed by atoms with van der Waals surface area (Å²) < 4.78 is 41.1. The van der Waals surface area contributed by atoms with Gasteiger partial charge in [-0.25, -0.2) is 9.67 Å². The van der Waals surface area contributed by atoms with Crippen LogP contribution >= 0.6 is 0 Å². The average molecular weight is 363 g/mol. The zero-order chi connectivity index (χ0) is 18.9. The van der Waals surface area contributed by atoms with E-state index < -0.39 is 17.8 Å². The van der Waals surface area contributed by atoms with Crippen molar-refractivity contribution in [3.05, 3.63) is 53.6 Å². The Morgan fingerprint density at radius 3 is 2.58 bits per heavy atom. The summed E-state index contributed by atoms with van der Waals surface area (Å²) in [5.74, 6) is 0.319. The van der Waals surface area contributed by atoms with Crippen molar-refractivity contribution in [1.82, 2.24) is 25.0 Å². The molecular formula is C17H16F3N5O. The molecule has 26 heavy (non-hydrogen) atoms. The highest BCUT2D eigenvalue weighted by molar-refractivity contribution is 5.60. The molecule has 0 bridgehead atoms. The van der Waals surface area contributed by atoms with Crippen LogP contribution < -0.4 is 0 Å². The van der Waals surface area contributed by atoms with Crippen LogP contribution in [0, 0.1) is 6.92 Å². The second kappa shape index (κ2) is 6.83. The number of aliphatic hydroxyl groups excluding tert-OH is 1.